The van der Waals surface area contributed by atoms with Gasteiger partial charge in [0.05, 0.1) is 5.25 Å². The molecule has 1 aliphatic heterocycles. The summed E-state index contributed by atoms with van der Waals surface area (Å²) in [5.74, 6) is 0.0676. The van der Waals surface area contributed by atoms with Crippen LogP contribution in [0.5, 0.6) is 0 Å². The largest absolute Gasteiger partial charge is 0.458 e. The van der Waals surface area contributed by atoms with Gasteiger partial charge >= 0.3 is 11.9 Å². The normalized spacial score (nSPS) is 23.4. The lowest BCUT2D eigenvalue weighted by Crippen LogP contribution is -2.39. The molecule has 1 saturated heterocycles. The van der Waals surface area contributed by atoms with Crippen LogP contribution in [-0.2, 0) is 19.1 Å². The van der Waals surface area contributed by atoms with Gasteiger partial charge in [-0.25, -0.2) is 0 Å². The second-order valence-corrected chi connectivity index (χ2v) is 8.70. The summed E-state index contributed by atoms with van der Waals surface area (Å²) in [5, 5.41) is 4.13. The van der Waals surface area contributed by atoms with Crippen molar-refractivity contribution in [2.75, 3.05) is 5.75 Å². The Hall–Kier alpha value is -1.31. The van der Waals surface area contributed by atoms with Crippen molar-refractivity contribution in [3.05, 3.63) is 44.8 Å². The Morgan fingerprint density at radius 1 is 1.04 bits per heavy atom. The van der Waals surface area contributed by atoms with Gasteiger partial charge in [-0.1, -0.05) is 12.1 Å². The fourth-order valence-electron chi connectivity index (χ4n) is 2.94. The summed E-state index contributed by atoms with van der Waals surface area (Å²) in [6, 6.07) is 8.29. The van der Waals surface area contributed by atoms with E-state index in [4.69, 9.17) is 9.47 Å². The van der Waals surface area contributed by atoms with Crippen LogP contribution in [0.25, 0.3) is 0 Å². The van der Waals surface area contributed by atoms with E-state index in [9.17, 15) is 9.59 Å². The molecule has 2 aromatic heterocycles. The van der Waals surface area contributed by atoms with Crippen molar-refractivity contribution in [3.8, 4) is 0 Å². The number of ether oxygens (including phenoxy) is 2. The van der Waals surface area contributed by atoms with Crippen molar-refractivity contribution >= 4 is 46.4 Å². The Bertz CT molecular complexity index is 647. The van der Waals surface area contributed by atoms with Crippen LogP contribution in [0.1, 0.15) is 29.5 Å². The van der Waals surface area contributed by atoms with Gasteiger partial charge in [0.15, 0.2) is 6.10 Å². The fraction of sp³-hybridized carbons (Fsp3) is 0.412. The minimum atomic E-state index is -0.439. The zero-order valence-electron chi connectivity index (χ0n) is 13.3. The van der Waals surface area contributed by atoms with Crippen LogP contribution >= 0.6 is 34.4 Å². The van der Waals surface area contributed by atoms with Gasteiger partial charge in [0.2, 0.25) is 0 Å². The lowest BCUT2D eigenvalue weighted by molar-refractivity contribution is -0.162. The van der Waals surface area contributed by atoms with Gasteiger partial charge in [-0.2, -0.15) is 0 Å². The van der Waals surface area contributed by atoms with E-state index in [-0.39, 0.29) is 23.1 Å². The fourth-order valence-corrected chi connectivity index (χ4v) is 6.55. The Balaban J connectivity index is 1.93. The molecule has 3 heterocycles. The highest BCUT2D eigenvalue weighted by Crippen LogP contribution is 2.46. The first kappa shape index (κ1) is 17.5. The topological polar surface area (TPSA) is 52.6 Å². The highest BCUT2D eigenvalue weighted by molar-refractivity contribution is 8.00. The Morgan fingerprint density at radius 2 is 1.62 bits per heavy atom. The van der Waals surface area contributed by atoms with E-state index in [0.717, 1.165) is 0 Å². The summed E-state index contributed by atoms with van der Waals surface area (Å²) in [6.07, 6.45) is -0.838. The number of carbonyl (C=O) groups is 2. The number of hydrogen-bond acceptors (Lipinski definition) is 7. The van der Waals surface area contributed by atoms with Crippen LogP contribution in [0, 0.1) is 0 Å². The second kappa shape index (κ2) is 7.72. The van der Waals surface area contributed by atoms with Crippen molar-refractivity contribution in [1.29, 1.82) is 0 Å². The average molecular weight is 383 g/mol. The maximum Gasteiger partial charge on any atom is 0.303 e. The minimum Gasteiger partial charge on any atom is -0.458 e. The molecule has 0 unspecified atom stereocenters. The summed E-state index contributed by atoms with van der Waals surface area (Å²) >= 11 is 5.10. The molecule has 2 aromatic rings. The lowest BCUT2D eigenvalue weighted by Gasteiger charge is -2.28. The molecule has 128 valence electrons. The molecular formula is C17H18O4S3. The molecule has 0 N–H and O–H groups in total. The molecule has 24 heavy (non-hydrogen) atoms. The summed E-state index contributed by atoms with van der Waals surface area (Å²) in [5.41, 5.74) is 0. The van der Waals surface area contributed by atoms with Gasteiger partial charge < -0.3 is 9.47 Å². The van der Waals surface area contributed by atoms with Crippen molar-refractivity contribution in [1.82, 2.24) is 0 Å². The predicted molar refractivity (Wildman–Crippen MR) is 97.8 cm³/mol. The van der Waals surface area contributed by atoms with E-state index in [1.165, 1.54) is 23.6 Å². The summed E-state index contributed by atoms with van der Waals surface area (Å²) in [4.78, 5) is 25.5. The molecule has 3 atom stereocenters. The number of hydrogen-bond donors (Lipinski definition) is 0. The van der Waals surface area contributed by atoms with Gasteiger partial charge in [0.25, 0.3) is 0 Å². The Kier molecular flexibility index (Phi) is 5.63. The van der Waals surface area contributed by atoms with Crippen molar-refractivity contribution in [3.63, 3.8) is 0 Å². The van der Waals surface area contributed by atoms with Crippen molar-refractivity contribution in [2.45, 2.75) is 37.2 Å². The molecule has 0 amide bonds. The molecule has 0 saturated carbocycles. The second-order valence-electron chi connectivity index (χ2n) is 5.53. The standard InChI is InChI=1S/C17H18O4S3/c1-10(18)20-12-9-24-17(16(12)21-11(2)19)15(13-5-3-7-22-13)14-6-4-8-23-14/h3-8,12,15-17H,9H2,1-2H3/t12-,16+,17-/m1/s1. The molecular weight excluding hydrogens is 364 g/mol. The van der Waals surface area contributed by atoms with Gasteiger partial charge in [-0.15, -0.1) is 34.4 Å². The molecule has 0 radical (unpaired) electrons. The first-order valence-corrected chi connectivity index (χ1v) is 10.4. The molecule has 0 aromatic carbocycles. The molecule has 3 rings (SSSR count). The van der Waals surface area contributed by atoms with E-state index in [2.05, 4.69) is 22.9 Å². The van der Waals surface area contributed by atoms with Gasteiger partial charge in [0.1, 0.15) is 6.10 Å². The van der Waals surface area contributed by atoms with Crippen LogP contribution < -0.4 is 0 Å². The van der Waals surface area contributed by atoms with Crippen LogP contribution in [0.2, 0.25) is 0 Å². The third-order valence-electron chi connectivity index (χ3n) is 3.79. The predicted octanol–water partition coefficient (Wildman–Crippen LogP) is 3.92. The van der Waals surface area contributed by atoms with Crippen LogP contribution in [-0.4, -0.2) is 35.1 Å². The quantitative estimate of drug-likeness (QED) is 0.734. The van der Waals surface area contributed by atoms with Crippen LogP contribution in [0.3, 0.4) is 0 Å². The molecule has 1 fully saturated rings. The average Bonchev–Trinajstić information content (AvgIpc) is 3.24. The first-order chi connectivity index (χ1) is 11.6. The van der Waals surface area contributed by atoms with E-state index >= 15 is 0 Å². The SMILES string of the molecule is CC(=O)O[C@@H]1[C@@H](C(c2cccs2)c2cccs2)SC[C@H]1OC(C)=O. The van der Waals surface area contributed by atoms with Crippen molar-refractivity contribution in [2.24, 2.45) is 0 Å². The number of carbonyl (C=O) groups excluding carboxylic acids is 2. The molecule has 0 spiro atoms. The lowest BCUT2D eigenvalue weighted by atomic mass is 9.95. The summed E-state index contributed by atoms with van der Waals surface area (Å²) in [6.45, 7) is 2.79. The monoisotopic (exact) mass is 382 g/mol. The Labute approximate surface area is 153 Å². The number of rotatable bonds is 5. The first-order valence-electron chi connectivity index (χ1n) is 7.59. The smallest absolute Gasteiger partial charge is 0.303 e. The van der Waals surface area contributed by atoms with E-state index in [1.54, 1.807) is 34.4 Å². The molecule has 0 bridgehead atoms. The highest BCUT2D eigenvalue weighted by Gasteiger charge is 2.46. The summed E-state index contributed by atoms with van der Waals surface area (Å²) in [7, 11) is 0. The molecule has 1 aliphatic rings. The summed E-state index contributed by atoms with van der Waals surface area (Å²) < 4.78 is 11.0. The van der Waals surface area contributed by atoms with Crippen molar-refractivity contribution < 1.29 is 19.1 Å². The number of esters is 2. The number of thioether (sulfide) groups is 1. The van der Waals surface area contributed by atoms with Gasteiger partial charge in [-0.05, 0) is 22.9 Å². The zero-order chi connectivity index (χ0) is 17.1. The van der Waals surface area contributed by atoms with Gasteiger partial charge in [0, 0.05) is 35.3 Å². The molecule has 0 aliphatic carbocycles. The van der Waals surface area contributed by atoms with Gasteiger partial charge in [-0.3, -0.25) is 9.59 Å². The highest BCUT2D eigenvalue weighted by atomic mass is 32.2. The number of thiophene rings is 2. The third-order valence-corrected chi connectivity index (χ3v) is 7.15. The third kappa shape index (κ3) is 3.84. The van der Waals surface area contributed by atoms with Crippen LogP contribution in [0.15, 0.2) is 35.0 Å². The molecule has 7 heteroatoms. The minimum absolute atomic E-state index is 0.0237. The maximum atomic E-state index is 11.6. The zero-order valence-corrected chi connectivity index (χ0v) is 15.8. The van der Waals surface area contributed by atoms with E-state index in [1.807, 2.05) is 12.1 Å². The van der Waals surface area contributed by atoms with E-state index in [0.29, 0.717) is 5.75 Å². The van der Waals surface area contributed by atoms with E-state index < -0.39 is 12.2 Å². The Morgan fingerprint density at radius 3 is 2.08 bits per heavy atom. The molecule has 4 nitrogen and oxygen atoms in total. The van der Waals surface area contributed by atoms with Crippen LogP contribution in [0.4, 0.5) is 0 Å². The maximum absolute atomic E-state index is 11.6.